The third-order valence-corrected chi connectivity index (χ3v) is 4.20. The molecule has 0 unspecified atom stereocenters. The first kappa shape index (κ1) is 21.9. The van der Waals surface area contributed by atoms with E-state index in [2.05, 4.69) is 20.4 Å². The Labute approximate surface area is 165 Å². The van der Waals surface area contributed by atoms with Gasteiger partial charge in [0.1, 0.15) is 0 Å². The fraction of sp³-hybridized carbons (Fsp3) is 0.412. The maximum atomic E-state index is 5.92. The van der Waals surface area contributed by atoms with Gasteiger partial charge in [-0.2, -0.15) is 0 Å². The van der Waals surface area contributed by atoms with Gasteiger partial charge in [-0.3, -0.25) is 4.90 Å². The molecule has 0 aliphatic carbocycles. The minimum atomic E-state index is 0. The molecule has 3 rings (SSSR count). The number of aromatic nitrogens is 2. The van der Waals surface area contributed by atoms with Crippen LogP contribution in [0.3, 0.4) is 0 Å². The van der Waals surface area contributed by atoms with E-state index >= 15 is 0 Å². The van der Waals surface area contributed by atoms with E-state index in [1.54, 1.807) is 0 Å². The summed E-state index contributed by atoms with van der Waals surface area (Å²) in [5.41, 5.74) is 2.97. The molecule has 138 valence electrons. The Balaban J connectivity index is 0.00000156. The van der Waals surface area contributed by atoms with Crippen LogP contribution in [0.1, 0.15) is 5.56 Å². The molecule has 2 aromatic rings. The van der Waals surface area contributed by atoms with Gasteiger partial charge in [0.05, 0.1) is 18.9 Å². The fourth-order valence-corrected chi connectivity index (χ4v) is 2.70. The zero-order chi connectivity index (χ0) is 16.1. The van der Waals surface area contributed by atoms with E-state index in [-0.39, 0.29) is 24.8 Å². The fourth-order valence-electron chi connectivity index (χ4n) is 2.58. The molecule has 5 nitrogen and oxygen atoms in total. The van der Waals surface area contributed by atoms with E-state index in [1.807, 2.05) is 37.3 Å². The summed E-state index contributed by atoms with van der Waals surface area (Å²) in [5, 5.41) is 12.7. The standard InChI is InChI=1S/C17H21ClN4O.2ClH/c1-13-12-16(14-2-4-15(18)5-3-14)20-21-17(13)19-6-7-22-8-10-23-11-9-22;;/h2-5,12H,6-11H2,1H3,(H,19,21);2*1H. The van der Waals surface area contributed by atoms with Crippen LogP contribution >= 0.6 is 36.4 Å². The lowest BCUT2D eigenvalue weighted by Gasteiger charge is -2.26. The number of nitrogens with one attached hydrogen (secondary N) is 1. The number of ether oxygens (including phenoxy) is 1. The molecule has 1 aromatic carbocycles. The highest BCUT2D eigenvalue weighted by Crippen LogP contribution is 2.22. The summed E-state index contributed by atoms with van der Waals surface area (Å²) in [6.45, 7) is 7.55. The first-order chi connectivity index (χ1) is 11.2. The van der Waals surface area contributed by atoms with Crippen LogP contribution < -0.4 is 5.32 Å². The van der Waals surface area contributed by atoms with E-state index < -0.39 is 0 Å². The third kappa shape index (κ3) is 6.28. The number of hydrogen-bond donors (Lipinski definition) is 1. The van der Waals surface area contributed by atoms with Crippen molar-refractivity contribution in [2.75, 3.05) is 44.7 Å². The first-order valence-corrected chi connectivity index (χ1v) is 8.24. The summed E-state index contributed by atoms with van der Waals surface area (Å²) in [5.74, 6) is 0.843. The predicted octanol–water partition coefficient (Wildman–Crippen LogP) is 3.69. The summed E-state index contributed by atoms with van der Waals surface area (Å²) in [4.78, 5) is 2.39. The summed E-state index contributed by atoms with van der Waals surface area (Å²) < 4.78 is 5.35. The van der Waals surface area contributed by atoms with Gasteiger partial charge in [0, 0.05) is 36.8 Å². The Morgan fingerprint density at radius 3 is 2.44 bits per heavy atom. The molecule has 0 spiro atoms. The van der Waals surface area contributed by atoms with Crippen molar-refractivity contribution in [2.24, 2.45) is 0 Å². The van der Waals surface area contributed by atoms with Crippen molar-refractivity contribution in [3.05, 3.63) is 40.9 Å². The molecule has 1 fully saturated rings. The molecule has 0 radical (unpaired) electrons. The number of hydrogen-bond acceptors (Lipinski definition) is 5. The van der Waals surface area contributed by atoms with Gasteiger partial charge in [-0.25, -0.2) is 0 Å². The average molecular weight is 406 g/mol. The normalized spacial score (nSPS) is 14.3. The summed E-state index contributed by atoms with van der Waals surface area (Å²) in [7, 11) is 0. The number of anilines is 1. The molecule has 1 aliphatic rings. The number of aryl methyl sites for hydroxylation is 1. The molecule has 2 heterocycles. The molecule has 1 N–H and O–H groups in total. The minimum absolute atomic E-state index is 0. The van der Waals surface area contributed by atoms with Crippen molar-refractivity contribution in [3.63, 3.8) is 0 Å². The SMILES string of the molecule is Cc1cc(-c2ccc(Cl)cc2)nnc1NCCN1CCOCC1.Cl.Cl. The molecule has 25 heavy (non-hydrogen) atoms. The van der Waals surface area contributed by atoms with Crippen LogP contribution in [0.2, 0.25) is 5.02 Å². The van der Waals surface area contributed by atoms with Gasteiger partial charge in [0.15, 0.2) is 5.82 Å². The van der Waals surface area contributed by atoms with Crippen LogP contribution in [-0.2, 0) is 4.74 Å². The average Bonchev–Trinajstić information content (AvgIpc) is 2.58. The Morgan fingerprint density at radius 2 is 1.80 bits per heavy atom. The Morgan fingerprint density at radius 1 is 1.12 bits per heavy atom. The highest BCUT2D eigenvalue weighted by Gasteiger charge is 2.10. The van der Waals surface area contributed by atoms with E-state index in [0.717, 1.165) is 67.1 Å². The third-order valence-electron chi connectivity index (χ3n) is 3.95. The Hall–Kier alpha value is -1.11. The maximum absolute atomic E-state index is 5.92. The molecular weight excluding hydrogens is 383 g/mol. The zero-order valence-corrected chi connectivity index (χ0v) is 16.5. The second kappa shape index (κ2) is 10.8. The van der Waals surface area contributed by atoms with Crippen LogP contribution in [0.25, 0.3) is 11.3 Å². The minimum Gasteiger partial charge on any atom is -0.379 e. The van der Waals surface area contributed by atoms with E-state index in [4.69, 9.17) is 16.3 Å². The van der Waals surface area contributed by atoms with Crippen molar-refractivity contribution >= 4 is 42.2 Å². The molecule has 1 aliphatic heterocycles. The van der Waals surface area contributed by atoms with Crippen molar-refractivity contribution in [2.45, 2.75) is 6.92 Å². The number of rotatable bonds is 5. The van der Waals surface area contributed by atoms with Crippen molar-refractivity contribution in [1.82, 2.24) is 15.1 Å². The second-order valence-corrected chi connectivity index (χ2v) is 6.09. The number of halogens is 3. The second-order valence-electron chi connectivity index (χ2n) is 5.65. The predicted molar refractivity (Wildman–Crippen MR) is 107 cm³/mol. The number of benzene rings is 1. The smallest absolute Gasteiger partial charge is 0.151 e. The topological polar surface area (TPSA) is 50.3 Å². The lowest BCUT2D eigenvalue weighted by atomic mass is 10.1. The molecule has 0 saturated carbocycles. The highest BCUT2D eigenvalue weighted by molar-refractivity contribution is 6.30. The summed E-state index contributed by atoms with van der Waals surface area (Å²) in [6.07, 6.45) is 0. The Bertz CT molecular complexity index is 649. The van der Waals surface area contributed by atoms with Gasteiger partial charge in [0.25, 0.3) is 0 Å². The first-order valence-electron chi connectivity index (χ1n) is 7.86. The highest BCUT2D eigenvalue weighted by atomic mass is 35.5. The van der Waals surface area contributed by atoms with Crippen molar-refractivity contribution < 1.29 is 4.74 Å². The van der Waals surface area contributed by atoms with Crippen LogP contribution in [0.5, 0.6) is 0 Å². The summed E-state index contributed by atoms with van der Waals surface area (Å²) in [6, 6.07) is 9.69. The van der Waals surface area contributed by atoms with Gasteiger partial charge in [-0.1, -0.05) is 23.7 Å². The zero-order valence-electron chi connectivity index (χ0n) is 14.1. The summed E-state index contributed by atoms with van der Waals surface area (Å²) >= 11 is 5.92. The lowest BCUT2D eigenvalue weighted by molar-refractivity contribution is 0.0398. The molecule has 0 amide bonds. The lowest BCUT2D eigenvalue weighted by Crippen LogP contribution is -2.39. The molecule has 8 heteroatoms. The quantitative estimate of drug-likeness (QED) is 0.822. The molecule has 0 atom stereocenters. The monoisotopic (exact) mass is 404 g/mol. The van der Waals surface area contributed by atoms with Crippen molar-refractivity contribution in [1.29, 1.82) is 0 Å². The number of nitrogens with zero attached hydrogens (tertiary/aromatic N) is 3. The molecule has 1 saturated heterocycles. The Kier molecular flexibility index (Phi) is 9.46. The number of morpholine rings is 1. The van der Waals surface area contributed by atoms with Crippen LogP contribution in [0.4, 0.5) is 5.82 Å². The van der Waals surface area contributed by atoms with Gasteiger partial charge in [-0.05, 0) is 30.7 Å². The van der Waals surface area contributed by atoms with Gasteiger partial charge in [-0.15, -0.1) is 35.0 Å². The largest absolute Gasteiger partial charge is 0.379 e. The van der Waals surface area contributed by atoms with Crippen molar-refractivity contribution in [3.8, 4) is 11.3 Å². The van der Waals surface area contributed by atoms with Crippen LogP contribution in [-0.4, -0.2) is 54.5 Å². The van der Waals surface area contributed by atoms with E-state index in [9.17, 15) is 0 Å². The van der Waals surface area contributed by atoms with Gasteiger partial charge < -0.3 is 10.1 Å². The van der Waals surface area contributed by atoms with Crippen LogP contribution in [0, 0.1) is 6.92 Å². The maximum Gasteiger partial charge on any atom is 0.151 e. The molecule has 0 bridgehead atoms. The molecule has 1 aromatic heterocycles. The van der Waals surface area contributed by atoms with E-state index in [1.165, 1.54) is 0 Å². The van der Waals surface area contributed by atoms with Crippen LogP contribution in [0.15, 0.2) is 30.3 Å². The van der Waals surface area contributed by atoms with E-state index in [0.29, 0.717) is 0 Å². The molecular formula is C17H23Cl3N4O. The van der Waals surface area contributed by atoms with Gasteiger partial charge >= 0.3 is 0 Å². The van der Waals surface area contributed by atoms with Gasteiger partial charge in [0.2, 0.25) is 0 Å².